The van der Waals surface area contributed by atoms with Crippen LogP contribution in [0.3, 0.4) is 0 Å². The normalized spacial score (nSPS) is 14.2. The highest BCUT2D eigenvalue weighted by Crippen LogP contribution is 2.45. The van der Waals surface area contributed by atoms with Crippen LogP contribution in [0.15, 0.2) is 0 Å². The van der Waals surface area contributed by atoms with E-state index in [1.54, 1.807) is 0 Å². The third-order valence-electron chi connectivity index (χ3n) is 18.6. The van der Waals surface area contributed by atoms with Gasteiger partial charge in [-0.1, -0.05) is 356 Å². The molecule has 0 rings (SSSR count). The molecule has 0 spiro atoms. The second-order valence-corrected chi connectivity index (χ2v) is 31.7. The molecule has 0 aromatic heterocycles. The number of hydrogen-bond donors (Lipinski definition) is 3. The minimum Gasteiger partial charge on any atom is -0.462 e. The summed E-state index contributed by atoms with van der Waals surface area (Å²) in [6, 6.07) is 0. The summed E-state index contributed by atoms with van der Waals surface area (Å²) in [5, 5.41) is 10.6. The Balaban J connectivity index is 5.23. The topological polar surface area (TPSA) is 237 Å². The molecule has 0 bridgehead atoms. The van der Waals surface area contributed by atoms with Crippen LogP contribution in [0.25, 0.3) is 0 Å². The fourth-order valence-corrected chi connectivity index (χ4v) is 13.6. The first-order valence-electron chi connectivity index (χ1n) is 40.5. The molecular formula is C78H152O17P2. The molecule has 3 unspecified atom stereocenters. The van der Waals surface area contributed by atoms with Gasteiger partial charge in [-0.3, -0.25) is 37.3 Å². The molecule has 0 aliphatic rings. The number of ether oxygens (including phenoxy) is 4. The van der Waals surface area contributed by atoms with Crippen molar-refractivity contribution in [2.45, 2.75) is 426 Å². The molecule has 3 N–H and O–H groups in total. The summed E-state index contributed by atoms with van der Waals surface area (Å²) < 4.78 is 68.6. The highest BCUT2D eigenvalue weighted by molar-refractivity contribution is 7.47. The average molecular weight is 1420 g/mol. The van der Waals surface area contributed by atoms with E-state index >= 15 is 0 Å². The Hall–Kier alpha value is -1.94. The van der Waals surface area contributed by atoms with Gasteiger partial charge in [-0.15, -0.1) is 0 Å². The van der Waals surface area contributed by atoms with E-state index in [1.165, 1.54) is 218 Å². The van der Waals surface area contributed by atoms with Crippen LogP contribution < -0.4 is 0 Å². The summed E-state index contributed by atoms with van der Waals surface area (Å²) in [4.78, 5) is 72.9. The van der Waals surface area contributed by atoms with Gasteiger partial charge >= 0.3 is 39.5 Å². The lowest BCUT2D eigenvalue weighted by atomic mass is 10.00. The van der Waals surface area contributed by atoms with Gasteiger partial charge in [0.05, 0.1) is 26.4 Å². The molecule has 0 saturated heterocycles. The summed E-state index contributed by atoms with van der Waals surface area (Å²) >= 11 is 0. The molecule has 0 aromatic rings. The predicted octanol–water partition coefficient (Wildman–Crippen LogP) is 23.1. The van der Waals surface area contributed by atoms with Crippen LogP contribution in [0.2, 0.25) is 0 Å². The second-order valence-electron chi connectivity index (χ2n) is 28.8. The minimum absolute atomic E-state index is 0.105. The van der Waals surface area contributed by atoms with Gasteiger partial charge in [-0.05, 0) is 37.5 Å². The zero-order chi connectivity index (χ0) is 71.4. The summed E-state index contributed by atoms with van der Waals surface area (Å²) in [5.41, 5.74) is 0. The van der Waals surface area contributed by atoms with Crippen molar-refractivity contribution in [1.82, 2.24) is 0 Å². The maximum Gasteiger partial charge on any atom is 0.472 e. The van der Waals surface area contributed by atoms with Crippen molar-refractivity contribution < 1.29 is 80.2 Å². The third-order valence-corrected chi connectivity index (χ3v) is 20.5. The Morgan fingerprint density at radius 2 is 0.526 bits per heavy atom. The van der Waals surface area contributed by atoms with E-state index in [1.807, 2.05) is 0 Å². The molecule has 97 heavy (non-hydrogen) atoms. The smallest absolute Gasteiger partial charge is 0.462 e. The standard InChI is InChI=1S/C78H152O17P2/c1-7-10-12-14-16-18-20-22-24-26-27-28-30-32-34-38-42-50-56-62-77(82)94-73(66-88-75(80)60-54-48-41-37-33-31-29-25-23-21-19-17-15-13-11-8-2)68-92-96(84,85)90-64-72(79)65-91-97(86,87)93-69-74(67-89-76(81)61-55-49-45-44-47-53-59-71(6)9-3)95-78(83)63-57-51-43-39-35-36-40-46-52-58-70(4)5/h70-74,79H,7-69H2,1-6H3,(H,84,85)(H,86,87)/t71?,72-,73-,74-/m1/s1. The largest absolute Gasteiger partial charge is 0.472 e. The average Bonchev–Trinajstić information content (AvgIpc) is 2.86. The van der Waals surface area contributed by atoms with Crippen LogP contribution >= 0.6 is 15.6 Å². The second kappa shape index (κ2) is 69.8. The molecule has 0 aromatic carbocycles. The Bertz CT molecular complexity index is 1870. The molecule has 576 valence electrons. The Morgan fingerprint density at radius 3 is 0.784 bits per heavy atom. The maximum absolute atomic E-state index is 13.1. The number of phosphoric acid groups is 2. The van der Waals surface area contributed by atoms with Crippen LogP contribution in [-0.2, 0) is 65.4 Å². The zero-order valence-electron chi connectivity index (χ0n) is 63.4. The van der Waals surface area contributed by atoms with E-state index in [0.29, 0.717) is 25.7 Å². The van der Waals surface area contributed by atoms with E-state index < -0.39 is 97.5 Å². The van der Waals surface area contributed by atoms with Crippen molar-refractivity contribution in [2.75, 3.05) is 39.6 Å². The van der Waals surface area contributed by atoms with E-state index in [0.717, 1.165) is 108 Å². The molecule has 0 aliphatic heterocycles. The number of hydrogen-bond acceptors (Lipinski definition) is 15. The molecule has 0 radical (unpaired) electrons. The number of aliphatic hydroxyl groups excluding tert-OH is 1. The van der Waals surface area contributed by atoms with Gasteiger partial charge in [-0.2, -0.15) is 0 Å². The fraction of sp³-hybridized carbons (Fsp3) is 0.949. The SMILES string of the molecule is CCCCCCCCCCCCCCCCCCCCCC(=O)O[C@H](COC(=O)CCCCCCCCCCCCCCCCCC)COP(=O)(O)OC[C@@H](O)COP(=O)(O)OC[C@@H](COC(=O)CCCCCCCCC(C)CC)OC(=O)CCCCCCCCCCCC(C)C. The molecule has 6 atom stereocenters. The summed E-state index contributed by atoms with van der Waals surface area (Å²) in [7, 11) is -9.91. The lowest BCUT2D eigenvalue weighted by molar-refractivity contribution is -0.161. The van der Waals surface area contributed by atoms with Crippen LogP contribution in [0, 0.1) is 11.8 Å². The van der Waals surface area contributed by atoms with Crippen molar-refractivity contribution in [3.05, 3.63) is 0 Å². The highest BCUT2D eigenvalue weighted by atomic mass is 31.2. The summed E-state index contributed by atoms with van der Waals surface area (Å²) in [6.45, 7) is 9.55. The third kappa shape index (κ3) is 70.9. The van der Waals surface area contributed by atoms with Crippen molar-refractivity contribution >= 4 is 39.5 Å². The van der Waals surface area contributed by atoms with Gasteiger partial charge in [0.25, 0.3) is 0 Å². The molecule has 0 amide bonds. The molecule has 19 heteroatoms. The van der Waals surface area contributed by atoms with E-state index in [2.05, 4.69) is 41.5 Å². The number of phosphoric ester groups is 2. The first-order valence-corrected chi connectivity index (χ1v) is 43.5. The quantitative estimate of drug-likeness (QED) is 0.0222. The molecule has 0 saturated carbocycles. The summed E-state index contributed by atoms with van der Waals surface area (Å²) in [5.74, 6) is -0.647. The van der Waals surface area contributed by atoms with E-state index in [-0.39, 0.29) is 25.7 Å². The van der Waals surface area contributed by atoms with Crippen molar-refractivity contribution in [2.24, 2.45) is 11.8 Å². The number of esters is 4. The number of aliphatic hydroxyl groups is 1. The highest BCUT2D eigenvalue weighted by Gasteiger charge is 2.30. The molecule has 0 fully saturated rings. The van der Waals surface area contributed by atoms with Crippen molar-refractivity contribution in [3.8, 4) is 0 Å². The first-order chi connectivity index (χ1) is 46.9. The van der Waals surface area contributed by atoms with Crippen LogP contribution in [-0.4, -0.2) is 96.7 Å². The van der Waals surface area contributed by atoms with E-state index in [9.17, 15) is 43.2 Å². The van der Waals surface area contributed by atoms with Gasteiger partial charge in [-0.25, -0.2) is 9.13 Å². The Labute approximate surface area is 594 Å². The lowest BCUT2D eigenvalue weighted by Crippen LogP contribution is -2.30. The van der Waals surface area contributed by atoms with Gasteiger partial charge in [0.2, 0.25) is 0 Å². The molecular weight excluding hydrogens is 1270 g/mol. The Morgan fingerprint density at radius 1 is 0.299 bits per heavy atom. The minimum atomic E-state index is -4.96. The maximum atomic E-state index is 13.1. The Kier molecular flexibility index (Phi) is 68.4. The fourth-order valence-electron chi connectivity index (χ4n) is 12.0. The van der Waals surface area contributed by atoms with Crippen molar-refractivity contribution in [1.29, 1.82) is 0 Å². The van der Waals surface area contributed by atoms with Crippen LogP contribution in [0.1, 0.15) is 408 Å². The van der Waals surface area contributed by atoms with Gasteiger partial charge < -0.3 is 33.8 Å². The number of rotatable bonds is 77. The summed E-state index contributed by atoms with van der Waals surface area (Å²) in [6.07, 6.45) is 58.4. The molecule has 0 heterocycles. The van der Waals surface area contributed by atoms with Gasteiger partial charge in [0, 0.05) is 25.7 Å². The lowest BCUT2D eigenvalue weighted by Gasteiger charge is -2.21. The van der Waals surface area contributed by atoms with Crippen LogP contribution in [0.5, 0.6) is 0 Å². The zero-order valence-corrected chi connectivity index (χ0v) is 65.2. The predicted molar refractivity (Wildman–Crippen MR) is 395 cm³/mol. The van der Waals surface area contributed by atoms with Gasteiger partial charge in [0.1, 0.15) is 19.3 Å². The van der Waals surface area contributed by atoms with Crippen molar-refractivity contribution in [3.63, 3.8) is 0 Å². The molecule has 17 nitrogen and oxygen atoms in total. The van der Waals surface area contributed by atoms with E-state index in [4.69, 9.17) is 37.0 Å². The number of carbonyl (C=O) groups is 4. The van der Waals surface area contributed by atoms with Gasteiger partial charge in [0.15, 0.2) is 12.2 Å². The monoisotopic (exact) mass is 1420 g/mol. The number of carbonyl (C=O) groups excluding carboxylic acids is 4. The first kappa shape index (κ1) is 95.1. The van der Waals surface area contributed by atoms with Crippen LogP contribution in [0.4, 0.5) is 0 Å². The number of unbranched alkanes of at least 4 members (excludes halogenated alkanes) is 46. The molecule has 0 aliphatic carbocycles.